The van der Waals surface area contributed by atoms with Crippen LogP contribution in [-0.4, -0.2) is 33.0 Å². The number of hydrogen-bond acceptors (Lipinski definition) is 5. The average Bonchev–Trinajstić information content (AvgIpc) is 3.20. The van der Waals surface area contributed by atoms with Gasteiger partial charge in [0.15, 0.2) is 0 Å². The van der Waals surface area contributed by atoms with Gasteiger partial charge in [0, 0.05) is 23.2 Å². The molecule has 0 bridgehead atoms. The second-order valence-corrected chi connectivity index (χ2v) is 8.14. The fourth-order valence-electron chi connectivity index (χ4n) is 2.84. The Bertz CT molecular complexity index is 1060. The van der Waals surface area contributed by atoms with Gasteiger partial charge in [-0.25, -0.2) is 0 Å². The highest BCUT2D eigenvalue weighted by Crippen LogP contribution is 2.26. The molecule has 0 atom stereocenters. The number of nitrogens with zero attached hydrogens (tertiary/aromatic N) is 3. The normalized spacial score (nSPS) is 11.1. The maximum atomic E-state index is 13.1. The minimum Gasteiger partial charge on any atom is -0.419 e. The van der Waals surface area contributed by atoms with Gasteiger partial charge in [-0.3, -0.25) is 9.59 Å². The minimum atomic E-state index is -0.172. The standard InChI is InChI=1S/C23H25ClN4O3/c1-14(2)21(29)25-17-11-9-16(10-12-17)23(30)28(15(3)4)13-20-26-27-22(31-20)18-7-5-6-8-19(18)24/h5-12,14-15H,13H2,1-4H3,(H,25,29). The summed E-state index contributed by atoms with van der Waals surface area (Å²) in [5.41, 5.74) is 1.79. The van der Waals surface area contributed by atoms with E-state index in [0.717, 1.165) is 0 Å². The third-order valence-corrected chi connectivity index (χ3v) is 5.01. The maximum Gasteiger partial charge on any atom is 0.254 e. The predicted octanol–water partition coefficient (Wildman–Crippen LogP) is 5.04. The van der Waals surface area contributed by atoms with Gasteiger partial charge in [-0.1, -0.05) is 37.6 Å². The Balaban J connectivity index is 1.74. The lowest BCUT2D eigenvalue weighted by Crippen LogP contribution is -2.36. The molecule has 0 saturated carbocycles. The van der Waals surface area contributed by atoms with Gasteiger partial charge in [0.1, 0.15) is 0 Å². The van der Waals surface area contributed by atoms with Gasteiger partial charge < -0.3 is 14.6 Å². The lowest BCUT2D eigenvalue weighted by Gasteiger charge is -2.25. The van der Waals surface area contributed by atoms with Crippen molar-refractivity contribution in [3.8, 4) is 11.5 Å². The molecule has 31 heavy (non-hydrogen) atoms. The van der Waals surface area contributed by atoms with Gasteiger partial charge in [-0.15, -0.1) is 10.2 Å². The number of carbonyl (C=O) groups excluding carboxylic acids is 2. The molecule has 0 fully saturated rings. The van der Waals surface area contributed by atoms with Crippen LogP contribution >= 0.6 is 11.6 Å². The summed E-state index contributed by atoms with van der Waals surface area (Å²) in [5, 5.41) is 11.5. The molecule has 1 aromatic heterocycles. The van der Waals surface area contributed by atoms with Crippen LogP contribution in [0, 0.1) is 5.92 Å². The Morgan fingerprint density at radius 2 is 1.71 bits per heavy atom. The summed E-state index contributed by atoms with van der Waals surface area (Å²) >= 11 is 6.20. The van der Waals surface area contributed by atoms with Crippen LogP contribution in [0.3, 0.4) is 0 Å². The summed E-state index contributed by atoms with van der Waals surface area (Å²) in [6, 6.07) is 13.9. The molecule has 0 saturated heterocycles. The van der Waals surface area contributed by atoms with E-state index in [1.807, 2.05) is 39.8 Å². The zero-order chi connectivity index (χ0) is 22.5. The van der Waals surface area contributed by atoms with Gasteiger partial charge >= 0.3 is 0 Å². The SMILES string of the molecule is CC(C)C(=O)Nc1ccc(C(=O)N(Cc2nnc(-c3ccccc3Cl)o2)C(C)C)cc1. The maximum absolute atomic E-state index is 13.1. The molecular weight excluding hydrogens is 416 g/mol. The number of halogens is 1. The fourth-order valence-corrected chi connectivity index (χ4v) is 3.06. The number of aromatic nitrogens is 2. The first-order valence-corrected chi connectivity index (χ1v) is 10.4. The van der Waals surface area contributed by atoms with E-state index in [1.54, 1.807) is 41.3 Å². The molecule has 0 spiro atoms. The van der Waals surface area contributed by atoms with Gasteiger partial charge in [0.05, 0.1) is 17.1 Å². The molecular formula is C23H25ClN4O3. The zero-order valence-corrected chi connectivity index (χ0v) is 18.7. The number of rotatable bonds is 7. The van der Waals surface area contributed by atoms with E-state index < -0.39 is 0 Å². The van der Waals surface area contributed by atoms with E-state index in [4.69, 9.17) is 16.0 Å². The first-order chi connectivity index (χ1) is 14.8. The molecule has 7 nitrogen and oxygen atoms in total. The van der Waals surface area contributed by atoms with E-state index >= 15 is 0 Å². The van der Waals surface area contributed by atoms with Crippen LogP contribution in [0.5, 0.6) is 0 Å². The second-order valence-electron chi connectivity index (χ2n) is 7.73. The first kappa shape index (κ1) is 22.5. The van der Waals surface area contributed by atoms with Gasteiger partial charge in [0.25, 0.3) is 5.91 Å². The fraction of sp³-hybridized carbons (Fsp3) is 0.304. The molecule has 1 N–H and O–H groups in total. The van der Waals surface area contributed by atoms with Gasteiger partial charge in [-0.05, 0) is 50.2 Å². The molecule has 162 valence electrons. The van der Waals surface area contributed by atoms with Crippen molar-refractivity contribution in [3.05, 3.63) is 65.0 Å². The number of amides is 2. The topological polar surface area (TPSA) is 88.3 Å². The molecule has 0 aliphatic heterocycles. The largest absolute Gasteiger partial charge is 0.419 e. The van der Waals surface area contributed by atoms with Crippen molar-refractivity contribution in [2.24, 2.45) is 5.92 Å². The van der Waals surface area contributed by atoms with E-state index in [0.29, 0.717) is 33.6 Å². The molecule has 2 amide bonds. The van der Waals surface area contributed by atoms with Gasteiger partial charge in [-0.2, -0.15) is 0 Å². The minimum absolute atomic E-state index is 0.0754. The molecule has 3 rings (SSSR count). The van der Waals surface area contributed by atoms with Crippen LogP contribution in [0.1, 0.15) is 43.9 Å². The molecule has 0 aliphatic carbocycles. The molecule has 0 unspecified atom stereocenters. The Morgan fingerprint density at radius 3 is 2.32 bits per heavy atom. The Labute approximate surface area is 186 Å². The third-order valence-electron chi connectivity index (χ3n) is 4.68. The van der Waals surface area contributed by atoms with E-state index in [1.165, 1.54) is 0 Å². The molecule has 2 aromatic carbocycles. The Hall–Kier alpha value is -3.19. The number of hydrogen-bond donors (Lipinski definition) is 1. The average molecular weight is 441 g/mol. The van der Waals surface area contributed by atoms with Crippen LogP contribution in [0.15, 0.2) is 52.9 Å². The molecule has 0 radical (unpaired) electrons. The highest BCUT2D eigenvalue weighted by atomic mass is 35.5. The van der Waals surface area contributed by atoms with Crippen molar-refractivity contribution in [1.82, 2.24) is 15.1 Å². The molecule has 1 heterocycles. The smallest absolute Gasteiger partial charge is 0.254 e. The summed E-state index contributed by atoms with van der Waals surface area (Å²) in [5.74, 6) is 0.255. The summed E-state index contributed by atoms with van der Waals surface area (Å²) in [7, 11) is 0. The van der Waals surface area contributed by atoms with Crippen molar-refractivity contribution < 1.29 is 14.0 Å². The Kier molecular flexibility index (Phi) is 7.07. The predicted molar refractivity (Wildman–Crippen MR) is 120 cm³/mol. The van der Waals surface area contributed by atoms with Crippen molar-refractivity contribution in [1.29, 1.82) is 0 Å². The monoisotopic (exact) mass is 440 g/mol. The first-order valence-electron chi connectivity index (χ1n) is 10.1. The van der Waals surface area contributed by atoms with E-state index in [-0.39, 0.29) is 30.3 Å². The number of carbonyl (C=O) groups is 2. The van der Waals surface area contributed by atoms with Crippen LogP contribution < -0.4 is 5.32 Å². The summed E-state index contributed by atoms with van der Waals surface area (Å²) in [6.07, 6.45) is 0. The van der Waals surface area contributed by atoms with Crippen molar-refractivity contribution >= 4 is 29.1 Å². The van der Waals surface area contributed by atoms with Crippen molar-refractivity contribution in [3.63, 3.8) is 0 Å². The highest BCUT2D eigenvalue weighted by Gasteiger charge is 2.22. The summed E-state index contributed by atoms with van der Waals surface area (Å²) < 4.78 is 5.75. The second kappa shape index (κ2) is 9.75. The summed E-state index contributed by atoms with van der Waals surface area (Å²) in [4.78, 5) is 26.6. The number of anilines is 1. The lowest BCUT2D eigenvalue weighted by molar-refractivity contribution is -0.118. The Morgan fingerprint density at radius 1 is 1.03 bits per heavy atom. The molecule has 8 heteroatoms. The van der Waals surface area contributed by atoms with Crippen molar-refractivity contribution in [2.75, 3.05) is 5.32 Å². The third kappa shape index (κ3) is 5.49. The quantitative estimate of drug-likeness (QED) is 0.556. The highest BCUT2D eigenvalue weighted by molar-refractivity contribution is 6.33. The van der Waals surface area contributed by atoms with Crippen molar-refractivity contribution in [2.45, 2.75) is 40.3 Å². The van der Waals surface area contributed by atoms with Crippen LogP contribution in [-0.2, 0) is 11.3 Å². The lowest BCUT2D eigenvalue weighted by atomic mass is 10.1. The van der Waals surface area contributed by atoms with Crippen LogP contribution in [0.2, 0.25) is 5.02 Å². The molecule has 3 aromatic rings. The summed E-state index contributed by atoms with van der Waals surface area (Å²) in [6.45, 7) is 7.64. The number of nitrogens with one attached hydrogen (secondary N) is 1. The number of benzene rings is 2. The van der Waals surface area contributed by atoms with Crippen LogP contribution in [0.25, 0.3) is 11.5 Å². The molecule has 0 aliphatic rings. The van der Waals surface area contributed by atoms with E-state index in [9.17, 15) is 9.59 Å². The van der Waals surface area contributed by atoms with Crippen LogP contribution in [0.4, 0.5) is 5.69 Å². The zero-order valence-electron chi connectivity index (χ0n) is 17.9. The van der Waals surface area contributed by atoms with E-state index in [2.05, 4.69) is 15.5 Å². The van der Waals surface area contributed by atoms with Gasteiger partial charge in [0.2, 0.25) is 17.7 Å².